The number of carboxylic acids is 1. The largest absolute Gasteiger partial charge is 0.476 e. The van der Waals surface area contributed by atoms with Crippen LogP contribution < -0.4 is 0 Å². The lowest BCUT2D eigenvalue weighted by Gasteiger charge is -2.19. The Kier molecular flexibility index (Phi) is 4.34. The molecule has 0 aliphatic carbocycles. The summed E-state index contributed by atoms with van der Waals surface area (Å²) in [6.07, 6.45) is 7.74. The highest BCUT2D eigenvalue weighted by Crippen LogP contribution is 2.21. The fraction of sp³-hybridized carbons (Fsp3) is 0.294. The molecule has 3 rings (SSSR count). The van der Waals surface area contributed by atoms with E-state index in [1.54, 1.807) is 0 Å². The second-order valence-electron chi connectivity index (χ2n) is 5.38. The summed E-state index contributed by atoms with van der Waals surface area (Å²) in [4.78, 5) is 17.1. The molecule has 0 amide bonds. The molecule has 1 unspecified atom stereocenters. The Morgan fingerprint density at radius 2 is 2.23 bits per heavy atom. The summed E-state index contributed by atoms with van der Waals surface area (Å²) in [6.45, 7) is 1.51. The number of rotatable bonds is 5. The maximum atomic E-state index is 10.8. The van der Waals surface area contributed by atoms with E-state index in [9.17, 15) is 4.79 Å². The zero-order valence-corrected chi connectivity index (χ0v) is 12.2. The van der Waals surface area contributed by atoms with E-state index in [0.29, 0.717) is 18.5 Å². The third-order valence-electron chi connectivity index (χ3n) is 3.83. The number of aromatic carboxylic acids is 1. The van der Waals surface area contributed by atoms with Gasteiger partial charge in [-0.2, -0.15) is 0 Å². The molecule has 1 saturated heterocycles. The van der Waals surface area contributed by atoms with Crippen molar-refractivity contribution in [3.05, 3.63) is 59.8 Å². The van der Waals surface area contributed by atoms with Crippen LogP contribution in [0.4, 0.5) is 0 Å². The van der Waals surface area contributed by atoms with E-state index in [-0.39, 0.29) is 5.69 Å². The fourth-order valence-corrected chi connectivity index (χ4v) is 2.71. The summed E-state index contributed by atoms with van der Waals surface area (Å²) in [5, 5.41) is 8.87. The first-order chi connectivity index (χ1) is 10.7. The highest BCUT2D eigenvalue weighted by atomic mass is 16.4. The van der Waals surface area contributed by atoms with E-state index in [1.807, 2.05) is 18.2 Å². The molecule has 1 fully saturated rings. The van der Waals surface area contributed by atoms with Crippen LogP contribution in [0, 0.1) is 0 Å². The standard InChI is InChI=1S/C17H18N2O3/c20-17(21)15-12-22-16(18-15)11-19-10-4-7-14(19)9-8-13-5-2-1-3-6-13/h1-3,5-6,8-9,12,14H,4,7,10-11H2,(H,20,21)/b9-8+. The zero-order valence-electron chi connectivity index (χ0n) is 12.2. The molecule has 1 aromatic heterocycles. The van der Waals surface area contributed by atoms with Crippen LogP contribution in [0.5, 0.6) is 0 Å². The predicted octanol–water partition coefficient (Wildman–Crippen LogP) is 3.05. The van der Waals surface area contributed by atoms with Crippen molar-refractivity contribution in [1.82, 2.24) is 9.88 Å². The van der Waals surface area contributed by atoms with E-state index in [1.165, 1.54) is 11.8 Å². The van der Waals surface area contributed by atoms with E-state index in [2.05, 4.69) is 34.2 Å². The number of carboxylic acid groups (broad SMARTS) is 1. The molecule has 0 bridgehead atoms. The lowest BCUT2D eigenvalue weighted by atomic mass is 10.1. The Morgan fingerprint density at radius 3 is 2.95 bits per heavy atom. The number of carbonyl (C=O) groups is 1. The minimum atomic E-state index is -1.06. The first kappa shape index (κ1) is 14.5. The minimum absolute atomic E-state index is 0.0365. The number of nitrogens with zero attached hydrogens (tertiary/aromatic N) is 2. The topological polar surface area (TPSA) is 66.6 Å². The molecule has 1 atom stereocenters. The molecule has 1 aliphatic heterocycles. The van der Waals surface area contributed by atoms with Crippen LogP contribution in [-0.2, 0) is 6.54 Å². The molecular weight excluding hydrogens is 280 g/mol. The minimum Gasteiger partial charge on any atom is -0.476 e. The first-order valence-corrected chi connectivity index (χ1v) is 7.37. The van der Waals surface area contributed by atoms with Gasteiger partial charge in [0.2, 0.25) is 5.89 Å². The van der Waals surface area contributed by atoms with Crippen LogP contribution >= 0.6 is 0 Å². The molecule has 2 heterocycles. The third kappa shape index (κ3) is 3.43. The van der Waals surface area contributed by atoms with Crippen LogP contribution in [0.15, 0.2) is 47.1 Å². The van der Waals surface area contributed by atoms with E-state index in [4.69, 9.17) is 9.52 Å². The fourth-order valence-electron chi connectivity index (χ4n) is 2.71. The van der Waals surface area contributed by atoms with Crippen LogP contribution in [-0.4, -0.2) is 33.5 Å². The molecule has 0 radical (unpaired) electrons. The Bertz CT molecular complexity index is 664. The maximum Gasteiger partial charge on any atom is 0.357 e. The summed E-state index contributed by atoms with van der Waals surface area (Å²) in [5.74, 6) is -0.602. The van der Waals surface area contributed by atoms with Crippen LogP contribution in [0.25, 0.3) is 6.08 Å². The van der Waals surface area contributed by atoms with Crippen molar-refractivity contribution in [2.75, 3.05) is 6.54 Å². The van der Waals surface area contributed by atoms with Crippen molar-refractivity contribution in [2.45, 2.75) is 25.4 Å². The molecule has 1 N–H and O–H groups in total. The quantitative estimate of drug-likeness (QED) is 0.919. The smallest absolute Gasteiger partial charge is 0.357 e. The predicted molar refractivity (Wildman–Crippen MR) is 82.4 cm³/mol. The lowest BCUT2D eigenvalue weighted by Crippen LogP contribution is -2.27. The van der Waals surface area contributed by atoms with Crippen LogP contribution in [0.2, 0.25) is 0 Å². The van der Waals surface area contributed by atoms with Gasteiger partial charge in [-0.3, -0.25) is 4.90 Å². The number of aromatic nitrogens is 1. The van der Waals surface area contributed by atoms with Gasteiger partial charge < -0.3 is 9.52 Å². The summed E-state index contributed by atoms with van der Waals surface area (Å²) in [6, 6.07) is 10.5. The molecule has 1 aliphatic rings. The van der Waals surface area contributed by atoms with E-state index < -0.39 is 5.97 Å². The van der Waals surface area contributed by atoms with Crippen molar-refractivity contribution < 1.29 is 14.3 Å². The van der Waals surface area contributed by atoms with Gasteiger partial charge in [-0.1, -0.05) is 42.5 Å². The van der Waals surface area contributed by atoms with E-state index >= 15 is 0 Å². The third-order valence-corrected chi connectivity index (χ3v) is 3.83. The lowest BCUT2D eigenvalue weighted by molar-refractivity contribution is 0.0690. The summed E-state index contributed by atoms with van der Waals surface area (Å²) in [7, 11) is 0. The summed E-state index contributed by atoms with van der Waals surface area (Å²) >= 11 is 0. The molecule has 2 aromatic rings. The summed E-state index contributed by atoms with van der Waals surface area (Å²) in [5.41, 5.74) is 1.14. The Labute approximate surface area is 128 Å². The second kappa shape index (κ2) is 6.58. The molecule has 5 nitrogen and oxygen atoms in total. The van der Waals surface area contributed by atoms with Gasteiger partial charge in [-0.05, 0) is 24.9 Å². The molecule has 5 heteroatoms. The highest BCUT2D eigenvalue weighted by molar-refractivity contribution is 5.84. The maximum absolute atomic E-state index is 10.8. The van der Waals surface area contributed by atoms with Gasteiger partial charge in [0.25, 0.3) is 0 Å². The van der Waals surface area contributed by atoms with Gasteiger partial charge in [0, 0.05) is 6.04 Å². The van der Waals surface area contributed by atoms with Gasteiger partial charge in [-0.15, -0.1) is 0 Å². The molecular formula is C17H18N2O3. The van der Waals surface area contributed by atoms with Crippen molar-refractivity contribution >= 4 is 12.0 Å². The highest BCUT2D eigenvalue weighted by Gasteiger charge is 2.24. The zero-order chi connectivity index (χ0) is 15.4. The van der Waals surface area contributed by atoms with Gasteiger partial charge in [0.15, 0.2) is 5.69 Å². The van der Waals surface area contributed by atoms with Crippen molar-refractivity contribution in [2.24, 2.45) is 0 Å². The number of benzene rings is 1. The van der Waals surface area contributed by atoms with Crippen LogP contribution in [0.1, 0.15) is 34.8 Å². The number of likely N-dealkylation sites (tertiary alicyclic amines) is 1. The normalized spacial score (nSPS) is 19.0. The Morgan fingerprint density at radius 1 is 1.41 bits per heavy atom. The molecule has 1 aromatic carbocycles. The average Bonchev–Trinajstić information content (AvgIpc) is 3.16. The SMILES string of the molecule is O=C(O)c1coc(CN2CCCC2/C=C/c2ccccc2)n1. The second-order valence-corrected chi connectivity index (χ2v) is 5.38. The molecule has 22 heavy (non-hydrogen) atoms. The van der Waals surface area contributed by atoms with Crippen molar-refractivity contribution in [3.8, 4) is 0 Å². The Balaban J connectivity index is 1.65. The average molecular weight is 298 g/mol. The van der Waals surface area contributed by atoms with Crippen molar-refractivity contribution in [1.29, 1.82) is 0 Å². The number of hydrogen-bond acceptors (Lipinski definition) is 4. The number of hydrogen-bond donors (Lipinski definition) is 1. The molecule has 0 saturated carbocycles. The monoisotopic (exact) mass is 298 g/mol. The first-order valence-electron chi connectivity index (χ1n) is 7.37. The van der Waals surface area contributed by atoms with Gasteiger partial charge in [0.05, 0.1) is 6.54 Å². The number of oxazole rings is 1. The van der Waals surface area contributed by atoms with Crippen molar-refractivity contribution in [3.63, 3.8) is 0 Å². The molecule has 114 valence electrons. The summed E-state index contributed by atoms with van der Waals surface area (Å²) < 4.78 is 5.24. The van der Waals surface area contributed by atoms with E-state index in [0.717, 1.165) is 19.4 Å². The van der Waals surface area contributed by atoms with Gasteiger partial charge in [-0.25, -0.2) is 9.78 Å². The van der Waals surface area contributed by atoms with Crippen LogP contribution in [0.3, 0.4) is 0 Å². The molecule has 0 spiro atoms. The van der Waals surface area contributed by atoms with Gasteiger partial charge in [0.1, 0.15) is 6.26 Å². The Hall–Kier alpha value is -2.40. The van der Waals surface area contributed by atoms with Gasteiger partial charge >= 0.3 is 5.97 Å².